The Balaban J connectivity index is 3.01. The van der Waals surface area contributed by atoms with Crippen LogP contribution in [0.3, 0.4) is 0 Å². The highest BCUT2D eigenvalue weighted by molar-refractivity contribution is 5.83. The van der Waals surface area contributed by atoms with Gasteiger partial charge in [-0.05, 0) is 24.1 Å². The van der Waals surface area contributed by atoms with Crippen LogP contribution in [0.15, 0.2) is 26.5 Å². The van der Waals surface area contributed by atoms with E-state index in [2.05, 4.69) is 14.4 Å². The van der Waals surface area contributed by atoms with Gasteiger partial charge in [-0.25, -0.2) is 13.6 Å². The molecule has 1 aromatic carbocycles. The average Bonchev–Trinajstić information content (AvgIpc) is 2.26. The van der Waals surface area contributed by atoms with Gasteiger partial charge in [-0.2, -0.15) is 0 Å². The van der Waals surface area contributed by atoms with Gasteiger partial charge < -0.3 is 4.42 Å². The van der Waals surface area contributed by atoms with Crippen LogP contribution in [0.2, 0.25) is 0 Å². The molecule has 0 fully saturated rings. The van der Waals surface area contributed by atoms with E-state index in [1.807, 2.05) is 0 Å². The molecule has 5 nitrogen and oxygen atoms in total. The molecule has 0 aliphatic carbocycles. The largest absolute Gasteiger partial charge is 0.420 e. The lowest BCUT2D eigenvalue weighted by molar-refractivity contribution is 0.517. The van der Waals surface area contributed by atoms with E-state index in [9.17, 15) is 13.6 Å². The second-order valence-electron chi connectivity index (χ2n) is 3.34. The van der Waals surface area contributed by atoms with E-state index in [-0.39, 0.29) is 5.39 Å². The standard InChI is InChI=1S/C10H5F2N3O2/c1-4-2-7(16)17-10-5(4)3-6(11)9(8(10)12)14-15-13/h2-3H,1H3. The highest BCUT2D eigenvalue weighted by atomic mass is 19.1. The lowest BCUT2D eigenvalue weighted by Gasteiger charge is -2.04. The minimum Gasteiger partial charge on any atom is -0.420 e. The fourth-order valence-electron chi connectivity index (χ4n) is 1.50. The third-order valence-electron chi connectivity index (χ3n) is 2.26. The molecule has 0 radical (unpaired) electrons. The van der Waals surface area contributed by atoms with Crippen molar-refractivity contribution in [1.82, 2.24) is 0 Å². The smallest absolute Gasteiger partial charge is 0.336 e. The summed E-state index contributed by atoms with van der Waals surface area (Å²) in [6.45, 7) is 1.52. The molecule has 0 saturated carbocycles. The van der Waals surface area contributed by atoms with Crippen LogP contribution < -0.4 is 5.63 Å². The van der Waals surface area contributed by atoms with Crippen molar-refractivity contribution in [3.63, 3.8) is 0 Å². The first-order chi connectivity index (χ1) is 8.04. The van der Waals surface area contributed by atoms with E-state index in [0.717, 1.165) is 12.1 Å². The van der Waals surface area contributed by atoms with Crippen molar-refractivity contribution >= 4 is 16.7 Å². The van der Waals surface area contributed by atoms with Crippen LogP contribution in [-0.2, 0) is 0 Å². The summed E-state index contributed by atoms with van der Waals surface area (Å²) in [5.74, 6) is -2.19. The molecule has 0 amide bonds. The van der Waals surface area contributed by atoms with Crippen LogP contribution in [-0.4, -0.2) is 0 Å². The minimum absolute atomic E-state index is 0.122. The van der Waals surface area contributed by atoms with Crippen molar-refractivity contribution in [3.05, 3.63) is 50.2 Å². The number of hydrogen-bond acceptors (Lipinski definition) is 3. The van der Waals surface area contributed by atoms with Crippen LogP contribution >= 0.6 is 0 Å². The van der Waals surface area contributed by atoms with Crippen molar-refractivity contribution < 1.29 is 13.2 Å². The molecule has 1 aromatic heterocycles. The summed E-state index contributed by atoms with van der Waals surface area (Å²) >= 11 is 0. The second kappa shape index (κ2) is 3.88. The maximum absolute atomic E-state index is 13.7. The van der Waals surface area contributed by atoms with E-state index in [0.29, 0.717) is 5.56 Å². The van der Waals surface area contributed by atoms with E-state index >= 15 is 0 Å². The topological polar surface area (TPSA) is 79.0 Å². The fraction of sp³-hybridized carbons (Fsp3) is 0.100. The van der Waals surface area contributed by atoms with Crippen molar-refractivity contribution in [2.75, 3.05) is 0 Å². The molecule has 1 heterocycles. The molecule has 86 valence electrons. The van der Waals surface area contributed by atoms with Crippen LogP contribution in [0.4, 0.5) is 14.5 Å². The van der Waals surface area contributed by atoms with Crippen molar-refractivity contribution in [2.24, 2.45) is 5.11 Å². The molecule has 0 aliphatic heterocycles. The molecule has 2 aromatic rings. The van der Waals surface area contributed by atoms with E-state index in [1.165, 1.54) is 6.92 Å². The first kappa shape index (κ1) is 11.1. The normalized spacial score (nSPS) is 10.3. The molecule has 0 unspecified atom stereocenters. The molecular weight excluding hydrogens is 232 g/mol. The fourth-order valence-corrected chi connectivity index (χ4v) is 1.50. The van der Waals surface area contributed by atoms with Gasteiger partial charge in [-0.1, -0.05) is 5.11 Å². The summed E-state index contributed by atoms with van der Waals surface area (Å²) in [5, 5.41) is 3.01. The summed E-state index contributed by atoms with van der Waals surface area (Å²) in [6, 6.07) is 2.08. The highest BCUT2D eigenvalue weighted by Gasteiger charge is 2.16. The minimum atomic E-state index is -1.18. The summed E-state index contributed by atoms with van der Waals surface area (Å²) in [5.41, 5.74) is 6.57. The number of nitrogens with zero attached hydrogens (tertiary/aromatic N) is 3. The quantitative estimate of drug-likeness (QED) is 0.330. The Morgan fingerprint density at radius 1 is 1.41 bits per heavy atom. The zero-order chi connectivity index (χ0) is 12.6. The summed E-state index contributed by atoms with van der Waals surface area (Å²) in [6.07, 6.45) is 0. The van der Waals surface area contributed by atoms with Gasteiger partial charge in [0.1, 0.15) is 11.5 Å². The van der Waals surface area contributed by atoms with Gasteiger partial charge >= 0.3 is 5.63 Å². The van der Waals surface area contributed by atoms with Crippen molar-refractivity contribution in [3.8, 4) is 0 Å². The van der Waals surface area contributed by atoms with Gasteiger partial charge in [0.2, 0.25) is 0 Å². The van der Waals surface area contributed by atoms with Gasteiger partial charge in [-0.3, -0.25) is 0 Å². The SMILES string of the molecule is Cc1cc(=O)oc2c(F)c(N=[N+]=[N-])c(F)cc12. The van der Waals surface area contributed by atoms with Gasteiger partial charge in [-0.15, -0.1) is 0 Å². The Labute approximate surface area is 92.9 Å². The van der Waals surface area contributed by atoms with Gasteiger partial charge in [0.05, 0.1) is 0 Å². The number of azide groups is 1. The maximum atomic E-state index is 13.7. The van der Waals surface area contributed by atoms with Crippen molar-refractivity contribution in [1.29, 1.82) is 0 Å². The molecule has 7 heteroatoms. The Morgan fingerprint density at radius 3 is 2.76 bits per heavy atom. The number of hydrogen-bond donors (Lipinski definition) is 0. The van der Waals surface area contributed by atoms with Gasteiger partial charge in [0.15, 0.2) is 11.4 Å². The Bertz CT molecular complexity index is 718. The zero-order valence-corrected chi connectivity index (χ0v) is 8.57. The lowest BCUT2D eigenvalue weighted by Crippen LogP contribution is -2.00. The van der Waals surface area contributed by atoms with Crippen molar-refractivity contribution in [2.45, 2.75) is 6.92 Å². The maximum Gasteiger partial charge on any atom is 0.336 e. The predicted octanol–water partition coefficient (Wildman–Crippen LogP) is 3.32. The van der Waals surface area contributed by atoms with Crippen LogP contribution in [0, 0.1) is 18.6 Å². The monoisotopic (exact) mass is 237 g/mol. The number of rotatable bonds is 1. The lowest BCUT2D eigenvalue weighted by atomic mass is 10.1. The van der Waals surface area contributed by atoms with Crippen LogP contribution in [0.5, 0.6) is 0 Å². The van der Waals surface area contributed by atoms with Crippen LogP contribution in [0.25, 0.3) is 21.4 Å². The van der Waals surface area contributed by atoms with E-state index in [4.69, 9.17) is 5.53 Å². The molecule has 2 rings (SSSR count). The molecule has 0 bridgehead atoms. The number of benzene rings is 1. The zero-order valence-electron chi connectivity index (χ0n) is 8.57. The van der Waals surface area contributed by atoms with E-state index < -0.39 is 28.5 Å². The molecule has 17 heavy (non-hydrogen) atoms. The van der Waals surface area contributed by atoms with Crippen LogP contribution in [0.1, 0.15) is 5.56 Å². The molecule has 0 N–H and O–H groups in total. The molecule has 0 spiro atoms. The number of halogens is 2. The Kier molecular flexibility index (Phi) is 2.53. The summed E-state index contributed by atoms with van der Waals surface area (Å²) in [4.78, 5) is 13.4. The van der Waals surface area contributed by atoms with Gasteiger partial charge in [0, 0.05) is 16.4 Å². The average molecular weight is 237 g/mol. The van der Waals surface area contributed by atoms with Gasteiger partial charge in [0.25, 0.3) is 0 Å². The molecule has 0 atom stereocenters. The highest BCUT2D eigenvalue weighted by Crippen LogP contribution is 2.30. The third-order valence-corrected chi connectivity index (χ3v) is 2.26. The summed E-state index contributed by atoms with van der Waals surface area (Å²) in [7, 11) is 0. The molecular formula is C10H5F2N3O2. The Morgan fingerprint density at radius 2 is 2.12 bits per heavy atom. The predicted molar refractivity (Wildman–Crippen MR) is 55.9 cm³/mol. The second-order valence-corrected chi connectivity index (χ2v) is 3.34. The first-order valence-electron chi connectivity index (χ1n) is 4.52. The Hall–Kier alpha value is -2.40. The first-order valence-corrected chi connectivity index (χ1v) is 4.52. The number of aryl methyl sites for hydroxylation is 1. The molecule has 0 saturated heterocycles. The number of fused-ring (bicyclic) bond motifs is 1. The molecule has 0 aliphatic rings. The van der Waals surface area contributed by atoms with E-state index in [1.54, 1.807) is 0 Å². The summed E-state index contributed by atoms with van der Waals surface area (Å²) < 4.78 is 31.8. The third kappa shape index (κ3) is 1.72.